The summed E-state index contributed by atoms with van der Waals surface area (Å²) in [6, 6.07) is 5.83. The molecule has 0 radical (unpaired) electrons. The van der Waals surface area contributed by atoms with Gasteiger partial charge in [0.25, 0.3) is 0 Å². The summed E-state index contributed by atoms with van der Waals surface area (Å²) in [6.07, 6.45) is -1.12. The smallest absolute Gasteiger partial charge is 0.412 e. The summed E-state index contributed by atoms with van der Waals surface area (Å²) in [5.41, 5.74) is 0.949. The molecule has 0 aliphatic heterocycles. The number of aromatic nitrogens is 2. The molecule has 118 valence electrons. The SMILES string of the molecule is CN(C(=O)O)c1cc(C(C)(C)C)nn1-c1ccc(F)c(Cl)c1. The monoisotopic (exact) mass is 325 g/mol. The Morgan fingerprint density at radius 2 is 2.00 bits per heavy atom. The molecule has 0 saturated carbocycles. The Morgan fingerprint density at radius 1 is 1.36 bits per heavy atom. The van der Waals surface area contributed by atoms with Gasteiger partial charge in [-0.05, 0) is 18.2 Å². The van der Waals surface area contributed by atoms with E-state index in [-0.39, 0.29) is 10.4 Å². The Balaban J connectivity index is 2.64. The number of anilines is 1. The zero-order valence-electron chi connectivity index (χ0n) is 12.8. The molecule has 2 aromatic rings. The molecule has 0 spiro atoms. The second-order valence-corrected chi connectivity index (χ2v) is 6.40. The summed E-state index contributed by atoms with van der Waals surface area (Å²) < 4.78 is 14.8. The van der Waals surface area contributed by atoms with Gasteiger partial charge < -0.3 is 5.11 Å². The van der Waals surface area contributed by atoms with E-state index in [1.54, 1.807) is 6.07 Å². The van der Waals surface area contributed by atoms with E-state index in [1.807, 2.05) is 20.8 Å². The maximum absolute atomic E-state index is 13.3. The fourth-order valence-corrected chi connectivity index (χ4v) is 2.06. The number of hydrogen-bond donors (Lipinski definition) is 1. The third-order valence-corrected chi connectivity index (χ3v) is 3.53. The Hall–Kier alpha value is -2.08. The molecule has 5 nitrogen and oxygen atoms in total. The Morgan fingerprint density at radius 3 is 2.50 bits per heavy atom. The van der Waals surface area contributed by atoms with Gasteiger partial charge in [0.15, 0.2) is 0 Å². The summed E-state index contributed by atoms with van der Waals surface area (Å²) in [6.45, 7) is 5.92. The lowest BCUT2D eigenvalue weighted by atomic mass is 9.92. The molecular weight excluding hydrogens is 309 g/mol. The van der Waals surface area contributed by atoms with Crippen LogP contribution in [0.1, 0.15) is 26.5 Å². The summed E-state index contributed by atoms with van der Waals surface area (Å²) >= 11 is 5.81. The molecule has 2 rings (SSSR count). The number of hydrogen-bond acceptors (Lipinski definition) is 2. The number of carboxylic acid groups (broad SMARTS) is 1. The molecule has 0 unspecified atom stereocenters. The molecule has 1 heterocycles. The minimum Gasteiger partial charge on any atom is -0.465 e. The lowest BCUT2D eigenvalue weighted by Gasteiger charge is -2.15. The van der Waals surface area contributed by atoms with Crippen molar-refractivity contribution < 1.29 is 14.3 Å². The van der Waals surface area contributed by atoms with E-state index in [2.05, 4.69) is 5.10 Å². The van der Waals surface area contributed by atoms with Crippen molar-refractivity contribution in [1.82, 2.24) is 9.78 Å². The van der Waals surface area contributed by atoms with E-state index in [0.29, 0.717) is 11.5 Å². The second kappa shape index (κ2) is 5.61. The topological polar surface area (TPSA) is 58.4 Å². The highest BCUT2D eigenvalue weighted by Crippen LogP contribution is 2.29. The predicted octanol–water partition coefficient (Wildman–Crippen LogP) is 4.08. The average Bonchev–Trinajstić information content (AvgIpc) is 2.85. The van der Waals surface area contributed by atoms with E-state index < -0.39 is 11.9 Å². The third-order valence-electron chi connectivity index (χ3n) is 3.24. The number of benzene rings is 1. The van der Waals surface area contributed by atoms with Crippen molar-refractivity contribution in [3.63, 3.8) is 0 Å². The Labute approximate surface area is 132 Å². The van der Waals surface area contributed by atoms with Crippen LogP contribution in [0.5, 0.6) is 0 Å². The summed E-state index contributed by atoms with van der Waals surface area (Å²) in [7, 11) is 1.42. The van der Waals surface area contributed by atoms with Crippen LogP contribution in [0.2, 0.25) is 5.02 Å². The average molecular weight is 326 g/mol. The van der Waals surface area contributed by atoms with Crippen LogP contribution in [-0.4, -0.2) is 28.0 Å². The number of carbonyl (C=O) groups is 1. The predicted molar refractivity (Wildman–Crippen MR) is 83.7 cm³/mol. The van der Waals surface area contributed by atoms with Gasteiger partial charge in [0, 0.05) is 18.5 Å². The van der Waals surface area contributed by atoms with Crippen LogP contribution in [0.4, 0.5) is 15.0 Å². The summed E-state index contributed by atoms with van der Waals surface area (Å²) in [4.78, 5) is 12.3. The lowest BCUT2D eigenvalue weighted by Crippen LogP contribution is -2.26. The first-order valence-corrected chi connectivity index (χ1v) is 7.01. The van der Waals surface area contributed by atoms with Gasteiger partial charge in [-0.25, -0.2) is 13.9 Å². The fraction of sp³-hybridized carbons (Fsp3) is 0.333. The molecule has 0 atom stereocenters. The second-order valence-electron chi connectivity index (χ2n) is 5.99. The standard InChI is InChI=1S/C15H17ClFN3O2/c1-15(2,3)12-8-13(19(4)14(21)22)20(18-12)9-5-6-11(17)10(16)7-9/h5-8H,1-4H3,(H,21,22). The number of nitrogens with zero attached hydrogens (tertiary/aromatic N) is 3. The van der Waals surface area contributed by atoms with Crippen molar-refractivity contribution in [3.8, 4) is 5.69 Å². The maximum Gasteiger partial charge on any atom is 0.412 e. The van der Waals surface area contributed by atoms with Gasteiger partial charge in [-0.1, -0.05) is 32.4 Å². The largest absolute Gasteiger partial charge is 0.465 e. The summed E-state index contributed by atoms with van der Waals surface area (Å²) in [5.74, 6) is -0.179. The minimum absolute atomic E-state index is 0.0470. The molecule has 1 aromatic heterocycles. The van der Waals surface area contributed by atoms with Crippen LogP contribution < -0.4 is 4.90 Å². The lowest BCUT2D eigenvalue weighted by molar-refractivity contribution is 0.203. The molecule has 0 aliphatic rings. The number of halogens is 2. The fourth-order valence-electron chi connectivity index (χ4n) is 1.88. The van der Waals surface area contributed by atoms with Crippen LogP contribution in [0.25, 0.3) is 5.69 Å². The molecule has 1 amide bonds. The molecule has 1 N–H and O–H groups in total. The number of rotatable bonds is 2. The van der Waals surface area contributed by atoms with Gasteiger partial charge >= 0.3 is 6.09 Å². The van der Waals surface area contributed by atoms with Gasteiger partial charge in [0.05, 0.1) is 16.4 Å². The highest BCUT2D eigenvalue weighted by Gasteiger charge is 2.24. The van der Waals surface area contributed by atoms with E-state index in [9.17, 15) is 14.3 Å². The van der Waals surface area contributed by atoms with Crippen LogP contribution in [-0.2, 0) is 5.41 Å². The van der Waals surface area contributed by atoms with E-state index in [0.717, 1.165) is 10.6 Å². The molecule has 0 bridgehead atoms. The first-order valence-electron chi connectivity index (χ1n) is 6.64. The van der Waals surface area contributed by atoms with Crippen molar-refractivity contribution in [2.45, 2.75) is 26.2 Å². The molecule has 7 heteroatoms. The number of amides is 1. The van der Waals surface area contributed by atoms with Gasteiger partial charge in [0.2, 0.25) is 0 Å². The quantitative estimate of drug-likeness (QED) is 0.905. The van der Waals surface area contributed by atoms with Crippen molar-refractivity contribution in [2.24, 2.45) is 0 Å². The van der Waals surface area contributed by atoms with Crippen molar-refractivity contribution in [1.29, 1.82) is 0 Å². The molecule has 0 fully saturated rings. The first-order chi connectivity index (χ1) is 10.1. The van der Waals surface area contributed by atoms with E-state index >= 15 is 0 Å². The Bertz CT molecular complexity index is 722. The van der Waals surface area contributed by atoms with E-state index in [4.69, 9.17) is 11.6 Å². The molecular formula is C15H17ClFN3O2. The van der Waals surface area contributed by atoms with Gasteiger partial charge in [-0.2, -0.15) is 5.10 Å². The zero-order chi connectivity index (χ0) is 16.7. The van der Waals surface area contributed by atoms with Gasteiger partial charge in [0.1, 0.15) is 11.6 Å². The van der Waals surface area contributed by atoms with Crippen molar-refractivity contribution in [3.05, 3.63) is 40.8 Å². The Kier molecular flexibility index (Phi) is 4.15. The zero-order valence-corrected chi connectivity index (χ0v) is 13.5. The van der Waals surface area contributed by atoms with E-state index in [1.165, 1.54) is 29.9 Å². The van der Waals surface area contributed by atoms with Crippen LogP contribution in [0.3, 0.4) is 0 Å². The minimum atomic E-state index is -1.12. The van der Waals surface area contributed by atoms with Gasteiger partial charge in [-0.3, -0.25) is 4.90 Å². The highest BCUT2D eigenvalue weighted by atomic mass is 35.5. The van der Waals surface area contributed by atoms with Crippen LogP contribution in [0, 0.1) is 5.82 Å². The molecule has 0 aliphatic carbocycles. The third kappa shape index (κ3) is 3.06. The molecule has 22 heavy (non-hydrogen) atoms. The molecule has 1 aromatic carbocycles. The highest BCUT2D eigenvalue weighted by molar-refractivity contribution is 6.30. The van der Waals surface area contributed by atoms with Crippen LogP contribution in [0.15, 0.2) is 24.3 Å². The van der Waals surface area contributed by atoms with Crippen LogP contribution >= 0.6 is 11.6 Å². The first kappa shape index (κ1) is 16.3. The normalized spacial score (nSPS) is 11.5. The van der Waals surface area contributed by atoms with Gasteiger partial charge in [-0.15, -0.1) is 0 Å². The summed E-state index contributed by atoms with van der Waals surface area (Å²) in [5, 5.41) is 13.6. The maximum atomic E-state index is 13.3. The van der Waals surface area contributed by atoms with Crippen molar-refractivity contribution in [2.75, 3.05) is 11.9 Å². The molecule has 0 saturated heterocycles. The van der Waals surface area contributed by atoms with Crippen molar-refractivity contribution >= 4 is 23.5 Å².